The molecule has 1 N–H and O–H groups in total. The summed E-state index contributed by atoms with van der Waals surface area (Å²) >= 11 is 1.90. The van der Waals surface area contributed by atoms with Crippen LogP contribution < -0.4 is 14.8 Å². The molecule has 1 saturated heterocycles. The van der Waals surface area contributed by atoms with Crippen LogP contribution in [-0.2, 0) is 11.3 Å². The Bertz CT molecular complexity index is 847. The molecule has 0 saturated carbocycles. The van der Waals surface area contributed by atoms with Crippen molar-refractivity contribution in [2.75, 3.05) is 12.5 Å². The number of allylic oxidation sites excluding steroid dienone is 3. The van der Waals surface area contributed by atoms with Gasteiger partial charge in [0.25, 0.3) is 0 Å². The van der Waals surface area contributed by atoms with E-state index < -0.39 is 0 Å². The molecule has 3 aliphatic heterocycles. The van der Waals surface area contributed by atoms with Crippen molar-refractivity contribution in [3.05, 3.63) is 48.2 Å². The Labute approximate surface area is 156 Å². The zero-order valence-electron chi connectivity index (χ0n) is 14.3. The molecule has 3 heterocycles. The van der Waals surface area contributed by atoms with Gasteiger partial charge in [-0.05, 0) is 24.1 Å². The molecule has 134 valence electrons. The third-order valence-electron chi connectivity index (χ3n) is 5.64. The molecule has 1 fully saturated rings. The molecule has 0 radical (unpaired) electrons. The van der Waals surface area contributed by atoms with Crippen LogP contribution in [0.2, 0.25) is 0 Å². The summed E-state index contributed by atoms with van der Waals surface area (Å²) < 4.78 is 10.7. The van der Waals surface area contributed by atoms with E-state index >= 15 is 0 Å². The quantitative estimate of drug-likeness (QED) is 0.833. The molecule has 3 atom stereocenters. The van der Waals surface area contributed by atoms with Crippen molar-refractivity contribution in [3.8, 4) is 11.5 Å². The van der Waals surface area contributed by atoms with Crippen LogP contribution in [0.4, 0.5) is 0 Å². The SMILES string of the molecule is O=C(NCc1ccc2c(c1)OCO2)C1CSC23CC=CCC2=NC=CC13. The molecule has 1 aliphatic carbocycles. The van der Waals surface area contributed by atoms with Crippen LogP contribution in [-0.4, -0.2) is 28.9 Å². The number of amides is 1. The van der Waals surface area contributed by atoms with Crippen LogP contribution in [0.15, 0.2) is 47.6 Å². The Hall–Kier alpha value is -2.21. The molecule has 26 heavy (non-hydrogen) atoms. The predicted molar refractivity (Wildman–Crippen MR) is 102 cm³/mol. The van der Waals surface area contributed by atoms with Crippen molar-refractivity contribution < 1.29 is 14.3 Å². The van der Waals surface area contributed by atoms with E-state index in [0.29, 0.717) is 6.54 Å². The van der Waals surface area contributed by atoms with Gasteiger partial charge in [-0.3, -0.25) is 9.79 Å². The molecular formula is C20H20N2O3S. The minimum Gasteiger partial charge on any atom is -0.454 e. The third-order valence-corrected chi connectivity index (χ3v) is 7.36. The maximum Gasteiger partial charge on any atom is 0.231 e. The second-order valence-electron chi connectivity index (χ2n) is 7.04. The maximum atomic E-state index is 12.9. The van der Waals surface area contributed by atoms with Crippen LogP contribution in [0.5, 0.6) is 11.5 Å². The average Bonchev–Trinajstić information content (AvgIpc) is 3.29. The summed E-state index contributed by atoms with van der Waals surface area (Å²) in [6.07, 6.45) is 10.3. The highest BCUT2D eigenvalue weighted by Crippen LogP contribution is 2.53. The van der Waals surface area contributed by atoms with Crippen LogP contribution in [0.25, 0.3) is 0 Å². The number of carbonyl (C=O) groups excluding carboxylic acids is 1. The highest BCUT2D eigenvalue weighted by atomic mass is 32.2. The van der Waals surface area contributed by atoms with Gasteiger partial charge in [0, 0.05) is 36.5 Å². The largest absolute Gasteiger partial charge is 0.454 e. The molecule has 5 nitrogen and oxygen atoms in total. The number of hydrogen-bond donors (Lipinski definition) is 1. The molecule has 5 rings (SSSR count). The number of nitrogens with one attached hydrogen (secondary N) is 1. The number of rotatable bonds is 3. The number of nitrogens with zero attached hydrogens (tertiary/aromatic N) is 1. The van der Waals surface area contributed by atoms with Crippen molar-refractivity contribution in [2.24, 2.45) is 16.8 Å². The van der Waals surface area contributed by atoms with Crippen molar-refractivity contribution in [2.45, 2.75) is 24.1 Å². The first-order valence-corrected chi connectivity index (χ1v) is 9.94. The van der Waals surface area contributed by atoms with E-state index in [1.165, 1.54) is 5.71 Å². The number of benzene rings is 1. The van der Waals surface area contributed by atoms with Gasteiger partial charge in [-0.15, -0.1) is 11.8 Å². The van der Waals surface area contributed by atoms with Gasteiger partial charge in [-0.2, -0.15) is 0 Å². The highest BCUT2D eigenvalue weighted by molar-refractivity contribution is 8.01. The lowest BCUT2D eigenvalue weighted by Gasteiger charge is -2.38. The molecule has 1 aromatic rings. The van der Waals surface area contributed by atoms with Gasteiger partial charge in [-0.25, -0.2) is 0 Å². The van der Waals surface area contributed by atoms with Gasteiger partial charge in [0.1, 0.15) is 0 Å². The van der Waals surface area contributed by atoms with Gasteiger partial charge in [-0.1, -0.05) is 24.3 Å². The van der Waals surface area contributed by atoms with E-state index in [0.717, 1.165) is 35.7 Å². The fourth-order valence-electron chi connectivity index (χ4n) is 4.27. The molecule has 0 bridgehead atoms. The molecular weight excluding hydrogens is 348 g/mol. The average molecular weight is 368 g/mol. The Kier molecular flexibility index (Phi) is 3.81. The van der Waals surface area contributed by atoms with Crippen LogP contribution >= 0.6 is 11.8 Å². The van der Waals surface area contributed by atoms with E-state index in [-0.39, 0.29) is 29.3 Å². The van der Waals surface area contributed by atoms with Gasteiger partial charge in [0.2, 0.25) is 12.7 Å². The lowest BCUT2D eigenvalue weighted by molar-refractivity contribution is -0.125. The van der Waals surface area contributed by atoms with E-state index in [4.69, 9.17) is 9.47 Å². The summed E-state index contributed by atoms with van der Waals surface area (Å²) in [6, 6.07) is 5.80. The van der Waals surface area contributed by atoms with Crippen molar-refractivity contribution in [1.29, 1.82) is 0 Å². The number of hydrogen-bond acceptors (Lipinski definition) is 5. The first-order chi connectivity index (χ1) is 12.8. The number of thioether (sulfide) groups is 1. The monoisotopic (exact) mass is 368 g/mol. The minimum atomic E-state index is -0.0118. The normalized spacial score (nSPS) is 30.5. The van der Waals surface area contributed by atoms with E-state index in [1.54, 1.807) is 0 Å². The highest BCUT2D eigenvalue weighted by Gasteiger charge is 2.54. The van der Waals surface area contributed by atoms with Gasteiger partial charge in [0.05, 0.1) is 10.7 Å². The van der Waals surface area contributed by atoms with E-state index in [9.17, 15) is 4.79 Å². The van der Waals surface area contributed by atoms with Crippen LogP contribution in [0, 0.1) is 11.8 Å². The number of carbonyl (C=O) groups is 1. The zero-order valence-corrected chi connectivity index (χ0v) is 15.1. The van der Waals surface area contributed by atoms with Crippen molar-refractivity contribution in [3.63, 3.8) is 0 Å². The topological polar surface area (TPSA) is 59.9 Å². The Morgan fingerprint density at radius 2 is 2.23 bits per heavy atom. The van der Waals surface area contributed by atoms with Crippen molar-refractivity contribution >= 4 is 23.4 Å². The maximum absolute atomic E-state index is 12.9. The number of aliphatic imine (C=N–C) groups is 1. The van der Waals surface area contributed by atoms with Gasteiger partial charge >= 0.3 is 0 Å². The summed E-state index contributed by atoms with van der Waals surface area (Å²) in [5.74, 6) is 2.69. The first kappa shape index (κ1) is 16.0. The van der Waals surface area contributed by atoms with E-state index in [2.05, 4.69) is 28.5 Å². The Morgan fingerprint density at radius 1 is 1.31 bits per heavy atom. The predicted octanol–water partition coefficient (Wildman–Crippen LogP) is 3.07. The molecule has 1 aromatic carbocycles. The summed E-state index contributed by atoms with van der Waals surface area (Å²) in [4.78, 5) is 17.5. The summed E-state index contributed by atoms with van der Waals surface area (Å²) in [5.41, 5.74) is 2.24. The second-order valence-corrected chi connectivity index (χ2v) is 8.39. The zero-order chi connectivity index (χ0) is 17.6. The molecule has 1 amide bonds. The standard InChI is InChI=1S/C20H20N2O3S/c23-19(22-10-13-4-5-16-17(9-13)25-12-24-16)14-11-26-20-7-2-1-3-18(20)21-8-6-15(14)20/h1-2,4-6,8-9,14-15H,3,7,10-12H2,(H,22,23). The molecule has 1 spiro atoms. The molecule has 6 heteroatoms. The van der Waals surface area contributed by atoms with Crippen LogP contribution in [0.3, 0.4) is 0 Å². The van der Waals surface area contributed by atoms with E-state index in [1.807, 2.05) is 36.2 Å². The fraction of sp³-hybridized carbons (Fsp3) is 0.400. The lowest BCUT2D eigenvalue weighted by Crippen LogP contribution is -2.45. The summed E-state index contributed by atoms with van der Waals surface area (Å²) in [7, 11) is 0. The smallest absolute Gasteiger partial charge is 0.231 e. The first-order valence-electron chi connectivity index (χ1n) is 8.95. The minimum absolute atomic E-state index is 0.00967. The summed E-state index contributed by atoms with van der Waals surface area (Å²) in [5, 5.41) is 3.12. The number of fused-ring (bicyclic) bond motifs is 1. The van der Waals surface area contributed by atoms with Gasteiger partial charge in [0.15, 0.2) is 11.5 Å². The Balaban J connectivity index is 1.29. The fourth-order valence-corrected chi connectivity index (χ4v) is 6.05. The molecule has 4 aliphatic rings. The number of ether oxygens (including phenoxy) is 2. The summed E-state index contributed by atoms with van der Waals surface area (Å²) in [6.45, 7) is 0.764. The third kappa shape index (κ3) is 2.47. The second kappa shape index (κ2) is 6.20. The molecule has 3 unspecified atom stereocenters. The lowest BCUT2D eigenvalue weighted by atomic mass is 9.73. The Morgan fingerprint density at radius 3 is 3.19 bits per heavy atom. The van der Waals surface area contributed by atoms with Crippen LogP contribution in [0.1, 0.15) is 18.4 Å². The van der Waals surface area contributed by atoms with Gasteiger partial charge < -0.3 is 14.8 Å². The molecule has 0 aromatic heterocycles. The van der Waals surface area contributed by atoms with Crippen molar-refractivity contribution in [1.82, 2.24) is 5.32 Å².